The van der Waals surface area contributed by atoms with Crippen molar-refractivity contribution in [2.45, 2.75) is 43.6 Å². The monoisotopic (exact) mass is 589 g/mol. The molecule has 1 atom stereocenters. The summed E-state index contributed by atoms with van der Waals surface area (Å²) in [6.45, 7) is 4.63. The second kappa shape index (κ2) is 13.1. The second-order valence-electron chi connectivity index (χ2n) is 9.54. The van der Waals surface area contributed by atoms with Crippen LogP contribution in [0.3, 0.4) is 0 Å². The van der Waals surface area contributed by atoms with Crippen molar-refractivity contribution in [2.75, 3.05) is 24.4 Å². The Hall–Kier alpha value is -3.95. The molecule has 0 aliphatic carbocycles. The van der Waals surface area contributed by atoms with E-state index in [0.717, 1.165) is 29.7 Å². The summed E-state index contributed by atoms with van der Waals surface area (Å²) in [6, 6.07) is 22.3. The zero-order valence-corrected chi connectivity index (χ0v) is 24.8. The molecule has 0 radical (unpaired) electrons. The highest BCUT2D eigenvalue weighted by Gasteiger charge is 2.35. The molecular formula is C31H32ClN5O3S. The molecule has 2 N–H and O–H groups in total. The summed E-state index contributed by atoms with van der Waals surface area (Å²) in [4.78, 5) is 18.7. The summed E-state index contributed by atoms with van der Waals surface area (Å²) in [5.41, 5.74) is 3.64. The quantitative estimate of drug-likeness (QED) is 0.140. The zero-order chi connectivity index (χ0) is 28.8. The van der Waals surface area contributed by atoms with Crippen LogP contribution in [-0.4, -0.2) is 34.4 Å². The van der Waals surface area contributed by atoms with Gasteiger partial charge in [-0.2, -0.15) is 4.98 Å². The van der Waals surface area contributed by atoms with Crippen LogP contribution in [0.2, 0.25) is 5.02 Å². The Bertz CT molecular complexity index is 1570. The first-order valence-electron chi connectivity index (χ1n) is 13.5. The highest BCUT2D eigenvalue weighted by Crippen LogP contribution is 2.38. The Balaban J connectivity index is 1.50. The molecular weight excluding hydrogens is 558 g/mol. The van der Waals surface area contributed by atoms with Gasteiger partial charge in [-0.3, -0.25) is 4.79 Å². The third kappa shape index (κ3) is 6.52. The lowest BCUT2D eigenvalue weighted by Gasteiger charge is -2.29. The number of nitrogens with zero attached hydrogens (tertiary/aromatic N) is 3. The number of carbonyl (C=O) groups is 1. The van der Waals surface area contributed by atoms with Crippen LogP contribution in [0.5, 0.6) is 11.5 Å². The number of thioether (sulfide) groups is 1. The molecule has 1 amide bonds. The molecule has 0 bridgehead atoms. The Morgan fingerprint density at radius 3 is 2.73 bits per heavy atom. The molecule has 8 nitrogen and oxygen atoms in total. The van der Waals surface area contributed by atoms with Gasteiger partial charge < -0.3 is 20.1 Å². The second-order valence-corrected chi connectivity index (χ2v) is 10.9. The van der Waals surface area contributed by atoms with Crippen molar-refractivity contribution in [3.05, 3.63) is 100 Å². The third-order valence-electron chi connectivity index (χ3n) is 6.69. The number of unbranched alkanes of at least 4 members (excludes halogenated alkanes) is 1. The molecule has 212 valence electrons. The molecule has 41 heavy (non-hydrogen) atoms. The minimum Gasteiger partial charge on any atom is -0.495 e. The Labute approximate surface area is 249 Å². The lowest BCUT2D eigenvalue weighted by molar-refractivity contribution is -0.113. The number of ether oxygens (including phenoxy) is 2. The van der Waals surface area contributed by atoms with Gasteiger partial charge in [0.05, 0.1) is 25.0 Å². The van der Waals surface area contributed by atoms with Gasteiger partial charge in [-0.1, -0.05) is 79.2 Å². The first-order valence-corrected chi connectivity index (χ1v) is 14.8. The number of hydrogen-bond acceptors (Lipinski definition) is 7. The Morgan fingerprint density at radius 2 is 1.93 bits per heavy atom. The maximum atomic E-state index is 13.9. The summed E-state index contributed by atoms with van der Waals surface area (Å²) in [7, 11) is 1.58. The smallest absolute Gasteiger partial charge is 0.255 e. The van der Waals surface area contributed by atoms with Gasteiger partial charge in [-0.25, -0.2) is 4.68 Å². The van der Waals surface area contributed by atoms with Crippen molar-refractivity contribution in [1.29, 1.82) is 0 Å². The molecule has 2 heterocycles. The number of hydrogen-bond donors (Lipinski definition) is 2. The number of aromatic nitrogens is 3. The molecule has 0 saturated carbocycles. The number of amides is 1. The molecule has 0 saturated heterocycles. The number of rotatable bonds is 11. The number of halogens is 1. The number of carbonyl (C=O) groups excluding carboxylic acids is 1. The molecule has 1 unspecified atom stereocenters. The predicted molar refractivity (Wildman–Crippen MR) is 164 cm³/mol. The highest BCUT2D eigenvalue weighted by atomic mass is 35.5. The van der Waals surface area contributed by atoms with E-state index in [-0.39, 0.29) is 5.91 Å². The van der Waals surface area contributed by atoms with E-state index in [0.29, 0.717) is 51.2 Å². The van der Waals surface area contributed by atoms with E-state index in [9.17, 15) is 4.79 Å². The van der Waals surface area contributed by atoms with Gasteiger partial charge in [0.1, 0.15) is 17.5 Å². The number of para-hydroxylation sites is 2. The number of nitrogens with one attached hydrogen (secondary N) is 2. The largest absolute Gasteiger partial charge is 0.495 e. The molecule has 3 aromatic carbocycles. The predicted octanol–water partition coefficient (Wildman–Crippen LogP) is 7.34. The van der Waals surface area contributed by atoms with E-state index in [1.165, 1.54) is 11.8 Å². The van der Waals surface area contributed by atoms with E-state index in [2.05, 4.69) is 17.6 Å². The van der Waals surface area contributed by atoms with Crippen LogP contribution < -0.4 is 20.1 Å². The zero-order valence-electron chi connectivity index (χ0n) is 23.2. The molecule has 10 heteroatoms. The van der Waals surface area contributed by atoms with E-state index in [4.69, 9.17) is 31.2 Å². The standard InChI is InChI=1S/C31H32ClN5O3S/c1-4-5-17-40-23-13-10-12-21(18-23)28-27(29(38)34-25-15-8-9-16-26(25)39-3)20(2)33-30-35-31(36-37(28)30)41-19-22-11-6-7-14-24(22)32/h6-16,18,28H,4-5,17,19H2,1-3H3,(H,34,38)(H,33,35,36). The normalized spacial score (nSPS) is 14.3. The molecule has 1 aliphatic heterocycles. The van der Waals surface area contributed by atoms with Gasteiger partial charge in [-0.15, -0.1) is 5.10 Å². The molecule has 5 rings (SSSR count). The van der Waals surface area contributed by atoms with Crippen LogP contribution in [-0.2, 0) is 10.5 Å². The fourth-order valence-corrected chi connectivity index (χ4v) is 5.71. The van der Waals surface area contributed by atoms with Gasteiger partial charge in [0, 0.05) is 16.5 Å². The maximum absolute atomic E-state index is 13.9. The summed E-state index contributed by atoms with van der Waals surface area (Å²) in [5, 5.41) is 12.5. The molecule has 1 aromatic heterocycles. The Morgan fingerprint density at radius 1 is 1.12 bits per heavy atom. The van der Waals surface area contributed by atoms with Crippen LogP contribution in [0, 0.1) is 0 Å². The first-order chi connectivity index (χ1) is 20.0. The summed E-state index contributed by atoms with van der Waals surface area (Å²) in [6.07, 6.45) is 2.00. The van der Waals surface area contributed by atoms with Crippen LogP contribution in [0.15, 0.2) is 89.2 Å². The molecule has 1 aliphatic rings. The lowest BCUT2D eigenvalue weighted by Crippen LogP contribution is -2.31. The van der Waals surface area contributed by atoms with Gasteiger partial charge in [0.2, 0.25) is 11.1 Å². The van der Waals surface area contributed by atoms with E-state index in [1.807, 2.05) is 79.7 Å². The summed E-state index contributed by atoms with van der Waals surface area (Å²) in [5.74, 6) is 2.22. The van der Waals surface area contributed by atoms with E-state index in [1.54, 1.807) is 11.8 Å². The molecule has 0 fully saturated rings. The minimum absolute atomic E-state index is 0.270. The topological polar surface area (TPSA) is 90.3 Å². The first kappa shape index (κ1) is 28.6. The average Bonchev–Trinajstić information content (AvgIpc) is 3.38. The van der Waals surface area contributed by atoms with Crippen molar-refractivity contribution in [3.8, 4) is 11.5 Å². The highest BCUT2D eigenvalue weighted by molar-refractivity contribution is 7.98. The number of fused-ring (bicyclic) bond motifs is 1. The van der Waals surface area contributed by atoms with E-state index >= 15 is 0 Å². The van der Waals surface area contributed by atoms with Crippen LogP contribution in [0.1, 0.15) is 43.9 Å². The minimum atomic E-state index is -0.544. The average molecular weight is 590 g/mol. The fraction of sp³-hybridized carbons (Fsp3) is 0.258. The van der Waals surface area contributed by atoms with Crippen molar-refractivity contribution in [3.63, 3.8) is 0 Å². The van der Waals surface area contributed by atoms with Gasteiger partial charge in [0.25, 0.3) is 5.91 Å². The number of anilines is 2. The SMILES string of the molecule is CCCCOc1cccc(C2C(C(=O)Nc3ccccc3OC)=C(C)Nc3nc(SCc4ccccc4Cl)nn32)c1. The van der Waals surface area contributed by atoms with Gasteiger partial charge in [-0.05, 0) is 54.8 Å². The number of allylic oxidation sites excluding steroid dienone is 1. The number of benzene rings is 3. The lowest BCUT2D eigenvalue weighted by atomic mass is 9.94. The molecule has 0 spiro atoms. The van der Waals surface area contributed by atoms with Gasteiger partial charge in [0.15, 0.2) is 0 Å². The van der Waals surface area contributed by atoms with Crippen LogP contribution in [0.25, 0.3) is 0 Å². The summed E-state index contributed by atoms with van der Waals surface area (Å²) < 4.78 is 13.2. The van der Waals surface area contributed by atoms with Crippen LogP contribution in [0.4, 0.5) is 11.6 Å². The van der Waals surface area contributed by atoms with Crippen molar-refractivity contribution < 1.29 is 14.3 Å². The van der Waals surface area contributed by atoms with Crippen LogP contribution >= 0.6 is 23.4 Å². The maximum Gasteiger partial charge on any atom is 0.255 e. The van der Waals surface area contributed by atoms with E-state index < -0.39 is 6.04 Å². The molecule has 4 aromatic rings. The van der Waals surface area contributed by atoms with Gasteiger partial charge >= 0.3 is 0 Å². The fourth-order valence-electron chi connectivity index (χ4n) is 4.60. The van der Waals surface area contributed by atoms with Crippen molar-refractivity contribution in [2.24, 2.45) is 0 Å². The Kier molecular flexibility index (Phi) is 9.16. The van der Waals surface area contributed by atoms with Crippen molar-refractivity contribution >= 4 is 40.9 Å². The number of methoxy groups -OCH3 is 1. The van der Waals surface area contributed by atoms with Crippen molar-refractivity contribution in [1.82, 2.24) is 14.8 Å². The summed E-state index contributed by atoms with van der Waals surface area (Å²) >= 11 is 7.86. The third-order valence-corrected chi connectivity index (χ3v) is 7.94.